The summed E-state index contributed by atoms with van der Waals surface area (Å²) in [5.41, 5.74) is 2.85. The second-order valence-electron chi connectivity index (χ2n) is 7.07. The molecule has 0 bridgehead atoms. The van der Waals surface area contributed by atoms with Gasteiger partial charge in [0.25, 0.3) is 5.91 Å². The van der Waals surface area contributed by atoms with Gasteiger partial charge in [0.2, 0.25) is 0 Å². The minimum atomic E-state index is -0.626. The number of ether oxygens (including phenoxy) is 1. The first-order valence-electron chi connectivity index (χ1n) is 9.79. The fourth-order valence-electron chi connectivity index (χ4n) is 3.71. The summed E-state index contributed by atoms with van der Waals surface area (Å²) in [4.78, 5) is 28.0. The molecule has 1 amide bonds. The smallest absolute Gasteiger partial charge is 0.394 e. The lowest BCUT2D eigenvalue weighted by Crippen LogP contribution is -2.43. The third-order valence-corrected chi connectivity index (χ3v) is 5.17. The lowest BCUT2D eigenvalue weighted by atomic mass is 10.1. The average molecular weight is 422 g/mol. The zero-order valence-electron chi connectivity index (χ0n) is 16.7. The molecule has 1 saturated heterocycles. The number of carbonyl (C=O) groups is 1. The van der Waals surface area contributed by atoms with E-state index in [0.29, 0.717) is 16.6 Å². The Kier molecular flexibility index (Phi) is 4.83. The Morgan fingerprint density at radius 2 is 1.94 bits per heavy atom. The minimum Gasteiger partial charge on any atom is -0.453 e. The highest BCUT2D eigenvalue weighted by Gasteiger charge is 2.20. The zero-order valence-corrected chi connectivity index (χ0v) is 16.7. The summed E-state index contributed by atoms with van der Waals surface area (Å²) < 4.78 is 24.6. The molecule has 158 valence electrons. The Balaban J connectivity index is 1.49. The molecule has 9 nitrogen and oxygen atoms in total. The Bertz CT molecular complexity index is 1290. The monoisotopic (exact) mass is 422 g/mol. The standard InChI is InChI=1S/C21H19FN6O3/c1-30-21-27-18-14(22)10-12(11-16(18)31-21)26-20(29)13-2-3-15(28-8-6-23-7-9-28)19-17(13)24-4-5-25-19/h2-5,10-11,23H,6-9H2,1H3,(H,26,29). The van der Waals surface area contributed by atoms with Gasteiger partial charge in [-0.05, 0) is 18.2 Å². The average Bonchev–Trinajstić information content (AvgIpc) is 3.23. The number of nitrogens with zero attached hydrogens (tertiary/aromatic N) is 4. The summed E-state index contributed by atoms with van der Waals surface area (Å²) in [5.74, 6) is -1.05. The highest BCUT2D eigenvalue weighted by molar-refractivity contribution is 6.13. The van der Waals surface area contributed by atoms with Crippen LogP contribution in [0.25, 0.3) is 22.1 Å². The van der Waals surface area contributed by atoms with E-state index in [1.54, 1.807) is 18.5 Å². The number of hydrogen-bond acceptors (Lipinski definition) is 8. The molecule has 1 aliphatic rings. The van der Waals surface area contributed by atoms with Crippen molar-refractivity contribution in [3.8, 4) is 6.08 Å². The van der Waals surface area contributed by atoms with Crippen LogP contribution in [0.2, 0.25) is 0 Å². The predicted molar refractivity (Wildman–Crippen MR) is 113 cm³/mol. The molecular formula is C21H19FN6O3. The van der Waals surface area contributed by atoms with Gasteiger partial charge >= 0.3 is 6.08 Å². The van der Waals surface area contributed by atoms with Crippen LogP contribution in [0.15, 0.2) is 41.1 Å². The molecule has 0 atom stereocenters. The van der Waals surface area contributed by atoms with Crippen LogP contribution in [0, 0.1) is 5.82 Å². The van der Waals surface area contributed by atoms with E-state index in [1.165, 1.54) is 19.2 Å². The Labute approximate surface area is 176 Å². The molecule has 0 spiro atoms. The summed E-state index contributed by atoms with van der Waals surface area (Å²) >= 11 is 0. The molecule has 0 aliphatic carbocycles. The van der Waals surface area contributed by atoms with E-state index < -0.39 is 11.7 Å². The van der Waals surface area contributed by atoms with Crippen LogP contribution in [0.3, 0.4) is 0 Å². The van der Waals surface area contributed by atoms with Crippen molar-refractivity contribution in [1.82, 2.24) is 20.3 Å². The van der Waals surface area contributed by atoms with Gasteiger partial charge in [-0.25, -0.2) is 4.39 Å². The van der Waals surface area contributed by atoms with E-state index in [-0.39, 0.29) is 22.9 Å². The van der Waals surface area contributed by atoms with Crippen molar-refractivity contribution in [3.05, 3.63) is 48.0 Å². The number of fused-ring (bicyclic) bond motifs is 2. The number of oxazole rings is 1. The number of methoxy groups -OCH3 is 1. The fourth-order valence-corrected chi connectivity index (χ4v) is 3.71. The first-order valence-corrected chi connectivity index (χ1v) is 9.79. The number of aromatic nitrogens is 3. The topological polar surface area (TPSA) is 105 Å². The van der Waals surface area contributed by atoms with Crippen molar-refractivity contribution in [2.24, 2.45) is 0 Å². The Morgan fingerprint density at radius 3 is 2.71 bits per heavy atom. The first-order chi connectivity index (χ1) is 15.1. The Hall–Kier alpha value is -3.79. The van der Waals surface area contributed by atoms with Crippen LogP contribution in [0.5, 0.6) is 6.08 Å². The summed E-state index contributed by atoms with van der Waals surface area (Å²) in [7, 11) is 1.38. The van der Waals surface area contributed by atoms with Gasteiger partial charge in [-0.2, -0.15) is 4.98 Å². The number of piperazine rings is 1. The molecule has 2 aromatic carbocycles. The third kappa shape index (κ3) is 3.50. The van der Waals surface area contributed by atoms with Crippen LogP contribution in [0.4, 0.5) is 15.8 Å². The molecule has 1 fully saturated rings. The maximum atomic E-state index is 14.4. The van der Waals surface area contributed by atoms with Gasteiger partial charge in [0.1, 0.15) is 16.6 Å². The van der Waals surface area contributed by atoms with E-state index in [4.69, 9.17) is 9.15 Å². The summed E-state index contributed by atoms with van der Waals surface area (Å²) in [6, 6.07) is 6.28. The Morgan fingerprint density at radius 1 is 1.16 bits per heavy atom. The van der Waals surface area contributed by atoms with Crippen LogP contribution in [-0.4, -0.2) is 54.1 Å². The molecular weight excluding hydrogens is 403 g/mol. The highest BCUT2D eigenvalue weighted by atomic mass is 19.1. The number of carbonyl (C=O) groups excluding carboxylic acids is 1. The van der Waals surface area contributed by atoms with Crippen LogP contribution in [0.1, 0.15) is 10.4 Å². The number of halogens is 1. The second-order valence-corrected chi connectivity index (χ2v) is 7.07. The maximum Gasteiger partial charge on any atom is 0.394 e. The molecule has 0 saturated carbocycles. The fraction of sp³-hybridized carbons (Fsp3) is 0.238. The van der Waals surface area contributed by atoms with Gasteiger partial charge in [-0.1, -0.05) is 0 Å². The summed E-state index contributed by atoms with van der Waals surface area (Å²) in [6.45, 7) is 3.45. The molecule has 5 rings (SSSR count). The van der Waals surface area contributed by atoms with E-state index in [0.717, 1.165) is 31.9 Å². The van der Waals surface area contributed by atoms with Crippen molar-refractivity contribution >= 4 is 39.4 Å². The molecule has 0 radical (unpaired) electrons. The predicted octanol–water partition coefficient (Wildman–Crippen LogP) is 2.58. The quantitative estimate of drug-likeness (QED) is 0.517. The molecule has 10 heteroatoms. The number of amides is 1. The molecule has 2 aromatic heterocycles. The number of nitrogens with one attached hydrogen (secondary N) is 2. The largest absolute Gasteiger partial charge is 0.453 e. The van der Waals surface area contributed by atoms with Crippen molar-refractivity contribution in [2.75, 3.05) is 43.5 Å². The summed E-state index contributed by atoms with van der Waals surface area (Å²) in [6.07, 6.45) is 3.10. The van der Waals surface area contributed by atoms with Crippen molar-refractivity contribution < 1.29 is 18.3 Å². The molecule has 31 heavy (non-hydrogen) atoms. The third-order valence-electron chi connectivity index (χ3n) is 5.17. The molecule has 1 aliphatic heterocycles. The molecule has 3 heterocycles. The summed E-state index contributed by atoms with van der Waals surface area (Å²) in [5, 5.41) is 6.03. The SMILES string of the molecule is COc1nc2c(F)cc(NC(=O)c3ccc(N4CCNCC4)c4nccnc34)cc2o1. The number of anilines is 2. The molecule has 2 N–H and O–H groups in total. The van der Waals surface area contributed by atoms with Crippen molar-refractivity contribution in [3.63, 3.8) is 0 Å². The highest BCUT2D eigenvalue weighted by Crippen LogP contribution is 2.29. The second kappa shape index (κ2) is 7.80. The lowest BCUT2D eigenvalue weighted by molar-refractivity contribution is 0.102. The molecule has 0 unspecified atom stereocenters. The van der Waals surface area contributed by atoms with Gasteiger partial charge < -0.3 is 24.7 Å². The van der Waals surface area contributed by atoms with Gasteiger partial charge in [0.05, 0.1) is 18.4 Å². The lowest BCUT2D eigenvalue weighted by Gasteiger charge is -2.30. The van der Waals surface area contributed by atoms with Gasteiger partial charge in [0.15, 0.2) is 11.4 Å². The minimum absolute atomic E-state index is 0.0338. The van der Waals surface area contributed by atoms with E-state index in [2.05, 4.69) is 30.5 Å². The molecule has 4 aromatic rings. The van der Waals surface area contributed by atoms with Gasteiger partial charge in [-0.15, -0.1) is 0 Å². The maximum absolute atomic E-state index is 14.4. The van der Waals surface area contributed by atoms with Gasteiger partial charge in [0, 0.05) is 50.3 Å². The van der Waals surface area contributed by atoms with Crippen LogP contribution >= 0.6 is 0 Å². The van der Waals surface area contributed by atoms with Crippen LogP contribution < -0.4 is 20.3 Å². The van der Waals surface area contributed by atoms with Crippen molar-refractivity contribution in [2.45, 2.75) is 0 Å². The first kappa shape index (κ1) is 19.2. The number of benzene rings is 2. The van der Waals surface area contributed by atoms with Crippen molar-refractivity contribution in [1.29, 1.82) is 0 Å². The van der Waals surface area contributed by atoms with Crippen LogP contribution in [-0.2, 0) is 0 Å². The van der Waals surface area contributed by atoms with E-state index in [1.807, 2.05) is 6.07 Å². The number of hydrogen-bond donors (Lipinski definition) is 2. The number of rotatable bonds is 4. The van der Waals surface area contributed by atoms with E-state index in [9.17, 15) is 9.18 Å². The van der Waals surface area contributed by atoms with E-state index >= 15 is 0 Å². The zero-order chi connectivity index (χ0) is 21.4. The normalized spacial score (nSPS) is 14.2. The van der Waals surface area contributed by atoms with Gasteiger partial charge in [-0.3, -0.25) is 14.8 Å².